The molecule has 0 spiro atoms. The van der Waals surface area contributed by atoms with Crippen LogP contribution >= 0.6 is 0 Å². The Bertz CT molecular complexity index is 3920. The summed E-state index contributed by atoms with van der Waals surface area (Å²) in [7, 11) is 0. The first-order valence-electron chi connectivity index (χ1n) is 27.8. The number of hydrogen-bond acceptors (Lipinski definition) is 2. The third-order valence-electron chi connectivity index (χ3n) is 16.9. The molecule has 2 aliphatic heterocycles. The van der Waals surface area contributed by atoms with Gasteiger partial charge in [-0.2, -0.15) is 0 Å². The van der Waals surface area contributed by atoms with E-state index in [2.05, 4.69) is 293 Å². The summed E-state index contributed by atoms with van der Waals surface area (Å²) in [6, 6.07) is 77.5. The highest BCUT2D eigenvalue weighted by Gasteiger charge is 2.45. The molecule has 378 valence electrons. The molecule has 0 aliphatic carbocycles. The molecule has 0 atom stereocenters. The lowest BCUT2D eigenvalue weighted by molar-refractivity contribution is 0.568. The smallest absolute Gasteiger partial charge is 0.252 e. The normalized spacial score (nSPS) is 13.6. The Morgan fingerprint density at radius 2 is 0.597 bits per heavy atom. The van der Waals surface area contributed by atoms with Crippen LogP contribution in [0.1, 0.15) is 105 Å². The average molecular weight is 997 g/mol. The average Bonchev–Trinajstić information content (AvgIpc) is 3.47. The van der Waals surface area contributed by atoms with Gasteiger partial charge in [0.2, 0.25) is 0 Å². The quantitative estimate of drug-likeness (QED) is 0.128. The van der Waals surface area contributed by atoms with E-state index in [0.717, 1.165) is 0 Å². The molecule has 0 fully saturated rings. The lowest BCUT2D eigenvalue weighted by Gasteiger charge is -2.45. The van der Waals surface area contributed by atoms with E-state index >= 15 is 0 Å². The van der Waals surface area contributed by atoms with Gasteiger partial charge in [0.25, 0.3) is 6.71 Å². The second-order valence-corrected chi connectivity index (χ2v) is 26.4. The van der Waals surface area contributed by atoms with Gasteiger partial charge < -0.3 is 9.80 Å². The molecule has 2 aliphatic rings. The minimum Gasteiger partial charge on any atom is -0.311 e. The van der Waals surface area contributed by atoms with Crippen LogP contribution in [0.25, 0.3) is 65.3 Å². The second kappa shape index (κ2) is 17.3. The van der Waals surface area contributed by atoms with Crippen LogP contribution in [0.4, 0.5) is 34.1 Å². The van der Waals surface area contributed by atoms with Crippen molar-refractivity contribution in [2.45, 2.75) is 105 Å². The predicted octanol–water partition coefficient (Wildman–Crippen LogP) is 18.9. The summed E-state index contributed by atoms with van der Waals surface area (Å²) in [4.78, 5) is 5.34. The molecule has 2 nitrogen and oxygen atoms in total. The molecule has 0 saturated heterocycles. The van der Waals surface area contributed by atoms with Crippen LogP contribution in [-0.2, 0) is 21.7 Å². The van der Waals surface area contributed by atoms with Crippen LogP contribution in [-0.4, -0.2) is 6.71 Å². The fourth-order valence-electron chi connectivity index (χ4n) is 12.4. The van der Waals surface area contributed by atoms with Gasteiger partial charge in [-0.25, -0.2) is 0 Å². The van der Waals surface area contributed by atoms with Crippen LogP contribution in [0.3, 0.4) is 0 Å². The van der Waals surface area contributed by atoms with Gasteiger partial charge in [0.15, 0.2) is 0 Å². The van der Waals surface area contributed by atoms with E-state index < -0.39 is 0 Å². The Balaban J connectivity index is 1.23. The Morgan fingerprint density at radius 3 is 0.961 bits per heavy atom. The lowest BCUT2D eigenvalue weighted by atomic mass is 9.33. The van der Waals surface area contributed by atoms with E-state index in [-0.39, 0.29) is 28.4 Å². The topological polar surface area (TPSA) is 6.48 Å². The van der Waals surface area contributed by atoms with Gasteiger partial charge in [0.1, 0.15) is 0 Å². The third kappa shape index (κ3) is 8.33. The molecule has 0 amide bonds. The number of hydrogen-bond donors (Lipinski definition) is 0. The molecule has 2 heterocycles. The minimum absolute atomic E-state index is 0.0940. The van der Waals surface area contributed by atoms with Gasteiger partial charge in [0.05, 0.1) is 0 Å². The van der Waals surface area contributed by atoms with Crippen molar-refractivity contribution in [1.82, 2.24) is 0 Å². The van der Waals surface area contributed by atoms with Crippen LogP contribution in [0.5, 0.6) is 0 Å². The predicted molar refractivity (Wildman–Crippen MR) is 336 cm³/mol. The summed E-state index contributed by atoms with van der Waals surface area (Å²) >= 11 is 0. The van der Waals surface area contributed by atoms with Crippen molar-refractivity contribution in [3.8, 4) is 22.3 Å². The van der Waals surface area contributed by atoms with E-state index in [9.17, 15) is 0 Å². The second-order valence-electron chi connectivity index (χ2n) is 26.4. The molecule has 0 aromatic heterocycles. The van der Waals surface area contributed by atoms with Crippen LogP contribution in [0, 0.1) is 0 Å². The monoisotopic (exact) mass is 997 g/mol. The third-order valence-corrected chi connectivity index (χ3v) is 16.9. The number of rotatable bonds is 4. The number of nitrogens with zero attached hydrogens (tertiary/aromatic N) is 2. The van der Waals surface area contributed by atoms with E-state index in [0.29, 0.717) is 0 Å². The SMILES string of the molecule is CC(C)(C)c1cc(N2c3cc4cc5ccccc5cc4cc3B3c4cc5cc6ccccc6cc5cc4N(c4cc(C(C)(C)C)cc(C(C)(C)C)c4)c4cc(-c5ccccc5-c5ccccc5)cc2c43)cc(C(C)(C)C)c1. The maximum atomic E-state index is 2.67. The molecule has 3 heteroatoms. The van der Waals surface area contributed by atoms with Crippen molar-refractivity contribution < 1.29 is 0 Å². The van der Waals surface area contributed by atoms with Crippen molar-refractivity contribution in [2.24, 2.45) is 0 Å². The zero-order chi connectivity index (χ0) is 53.5. The fourth-order valence-corrected chi connectivity index (χ4v) is 12.4. The zero-order valence-electron chi connectivity index (χ0n) is 47.0. The van der Waals surface area contributed by atoms with Crippen LogP contribution < -0.4 is 26.2 Å². The molecule has 0 saturated carbocycles. The highest BCUT2D eigenvalue weighted by Crippen LogP contribution is 2.50. The van der Waals surface area contributed by atoms with E-state index in [1.54, 1.807) is 0 Å². The summed E-state index contributed by atoms with van der Waals surface area (Å²) < 4.78 is 0. The molecule has 0 unspecified atom stereocenters. The Kier molecular flexibility index (Phi) is 11.0. The summed E-state index contributed by atoms with van der Waals surface area (Å²) in [5.74, 6) is 0. The van der Waals surface area contributed by atoms with E-state index in [1.165, 1.54) is 138 Å². The molecule has 13 rings (SSSR count). The molecular weight excluding hydrogens is 928 g/mol. The summed E-state index contributed by atoms with van der Waals surface area (Å²) in [5, 5.41) is 9.99. The first-order chi connectivity index (χ1) is 36.7. The summed E-state index contributed by atoms with van der Waals surface area (Å²) in [5.41, 5.74) is 20.9. The van der Waals surface area contributed by atoms with Gasteiger partial charge in [-0.3, -0.25) is 0 Å². The van der Waals surface area contributed by atoms with Gasteiger partial charge >= 0.3 is 0 Å². The number of anilines is 6. The summed E-state index contributed by atoms with van der Waals surface area (Å²) in [6.07, 6.45) is 0. The van der Waals surface area contributed by atoms with Crippen molar-refractivity contribution in [1.29, 1.82) is 0 Å². The van der Waals surface area contributed by atoms with Gasteiger partial charge in [0, 0.05) is 34.1 Å². The molecule has 77 heavy (non-hydrogen) atoms. The molecular formula is C74H69BN2. The lowest BCUT2D eigenvalue weighted by Crippen LogP contribution is -2.61. The van der Waals surface area contributed by atoms with Crippen molar-refractivity contribution >= 4 is 100 Å². The van der Waals surface area contributed by atoms with Gasteiger partial charge in [-0.05, 0) is 198 Å². The Hall–Kier alpha value is -7.88. The van der Waals surface area contributed by atoms with Gasteiger partial charge in [-0.1, -0.05) is 210 Å². The minimum atomic E-state index is -0.0981. The Labute approximate surface area is 457 Å². The number of benzene rings is 11. The highest BCUT2D eigenvalue weighted by molar-refractivity contribution is 7.00. The maximum absolute atomic E-state index is 2.67. The van der Waals surface area contributed by atoms with Gasteiger partial charge in [-0.15, -0.1) is 0 Å². The van der Waals surface area contributed by atoms with Crippen molar-refractivity contribution in [3.63, 3.8) is 0 Å². The first kappa shape index (κ1) is 48.7. The number of fused-ring (bicyclic) bond motifs is 8. The first-order valence-corrected chi connectivity index (χ1v) is 27.8. The molecule has 0 radical (unpaired) electrons. The largest absolute Gasteiger partial charge is 0.311 e. The molecule has 11 aromatic rings. The fraction of sp³-hybridized carbons (Fsp3) is 0.216. The van der Waals surface area contributed by atoms with Crippen LogP contribution in [0.2, 0.25) is 0 Å². The van der Waals surface area contributed by atoms with Crippen LogP contribution in [0.15, 0.2) is 200 Å². The molecule has 0 bridgehead atoms. The highest BCUT2D eigenvalue weighted by atomic mass is 15.2. The maximum Gasteiger partial charge on any atom is 0.252 e. The standard InChI is InChI=1S/C74H69BN2/c1-71(2,3)56-40-57(72(4,5)6)43-60(42-56)76-66-36-53-32-49-26-18-16-24-47(49)30-51(53)34-64(66)75-65-35-52-31-48-25-17-19-27-50(48)33-54(52)37-67(65)77(61-44-58(73(7,8)9)41-59(45-61)74(10,11)12)69-39-55(38-68(76)70(69)75)63-29-21-20-28-62(63)46-22-14-13-15-23-46/h13-45H,1-12H3. The van der Waals surface area contributed by atoms with Crippen molar-refractivity contribution in [3.05, 3.63) is 222 Å². The zero-order valence-corrected chi connectivity index (χ0v) is 47.0. The Morgan fingerprint density at radius 1 is 0.273 bits per heavy atom. The van der Waals surface area contributed by atoms with E-state index in [4.69, 9.17) is 0 Å². The van der Waals surface area contributed by atoms with Crippen molar-refractivity contribution in [2.75, 3.05) is 9.80 Å². The summed E-state index contributed by atoms with van der Waals surface area (Å²) in [6.45, 7) is 28.2. The molecule has 0 N–H and O–H groups in total. The molecule has 11 aromatic carbocycles. The van der Waals surface area contributed by atoms with E-state index in [1.807, 2.05) is 0 Å².